The van der Waals surface area contributed by atoms with Gasteiger partial charge >= 0.3 is 0 Å². The fourth-order valence-corrected chi connectivity index (χ4v) is 1.30. The van der Waals surface area contributed by atoms with E-state index in [-0.39, 0.29) is 0 Å². The van der Waals surface area contributed by atoms with Crippen LogP contribution in [0, 0.1) is 0 Å². The summed E-state index contributed by atoms with van der Waals surface area (Å²) in [6, 6.07) is 1.72. The van der Waals surface area contributed by atoms with Crippen LogP contribution in [0.3, 0.4) is 0 Å². The summed E-state index contributed by atoms with van der Waals surface area (Å²) in [5.74, 6) is 1.80. The fourth-order valence-electron chi connectivity index (χ4n) is 1.10. The molecule has 1 aromatic rings. The number of alkyl halides is 1. The maximum Gasteiger partial charge on any atom is 0.228 e. The molecule has 4 nitrogen and oxygen atoms in total. The summed E-state index contributed by atoms with van der Waals surface area (Å²) in [6.07, 6.45) is 1.68. The molecule has 0 N–H and O–H groups in total. The van der Waals surface area contributed by atoms with Gasteiger partial charge in [-0.05, 0) is 6.92 Å². The van der Waals surface area contributed by atoms with Crippen molar-refractivity contribution in [2.75, 3.05) is 31.0 Å². The van der Waals surface area contributed by atoms with Crippen LogP contribution in [0.2, 0.25) is 0 Å². The van der Waals surface area contributed by atoms with Crippen LogP contribution in [-0.2, 0) is 0 Å². The molecule has 0 unspecified atom stereocenters. The molecule has 0 aliphatic heterocycles. The SMILES string of the molecule is CCN(CCCl)c1nccc(OC)n1. The molecule has 5 heteroatoms. The molecule has 0 aliphatic carbocycles. The minimum atomic E-state index is 0.564. The van der Waals surface area contributed by atoms with Crippen molar-refractivity contribution in [2.45, 2.75) is 6.92 Å². The fraction of sp³-hybridized carbons (Fsp3) is 0.556. The number of hydrogen-bond donors (Lipinski definition) is 0. The zero-order valence-electron chi connectivity index (χ0n) is 8.40. The monoisotopic (exact) mass is 215 g/mol. The molecular formula is C9H14ClN3O. The molecule has 1 heterocycles. The van der Waals surface area contributed by atoms with Crippen molar-refractivity contribution in [1.82, 2.24) is 9.97 Å². The predicted molar refractivity (Wildman–Crippen MR) is 57.2 cm³/mol. The smallest absolute Gasteiger partial charge is 0.228 e. The summed E-state index contributed by atoms with van der Waals surface area (Å²) in [5.41, 5.74) is 0. The molecule has 1 aromatic heterocycles. The maximum absolute atomic E-state index is 5.67. The summed E-state index contributed by atoms with van der Waals surface area (Å²) in [5, 5.41) is 0. The van der Waals surface area contributed by atoms with Crippen molar-refractivity contribution < 1.29 is 4.74 Å². The van der Waals surface area contributed by atoms with Crippen molar-refractivity contribution in [3.8, 4) is 5.88 Å². The molecule has 0 atom stereocenters. The number of rotatable bonds is 5. The van der Waals surface area contributed by atoms with Crippen LogP contribution in [0.1, 0.15) is 6.92 Å². The van der Waals surface area contributed by atoms with Crippen molar-refractivity contribution in [2.24, 2.45) is 0 Å². The average molecular weight is 216 g/mol. The topological polar surface area (TPSA) is 38.2 Å². The van der Waals surface area contributed by atoms with Gasteiger partial charge in [0.05, 0.1) is 7.11 Å². The van der Waals surface area contributed by atoms with Gasteiger partial charge < -0.3 is 9.64 Å². The van der Waals surface area contributed by atoms with E-state index in [9.17, 15) is 0 Å². The first-order valence-electron chi connectivity index (χ1n) is 4.49. The molecule has 0 aliphatic rings. The number of aromatic nitrogens is 2. The Hall–Kier alpha value is -1.03. The predicted octanol–water partition coefficient (Wildman–Crippen LogP) is 1.55. The number of anilines is 1. The molecule has 0 spiro atoms. The van der Waals surface area contributed by atoms with Crippen LogP contribution in [0.4, 0.5) is 5.95 Å². The molecule has 0 fully saturated rings. The minimum absolute atomic E-state index is 0.564. The lowest BCUT2D eigenvalue weighted by atomic mass is 10.5. The standard InChI is InChI=1S/C9H14ClN3O/c1-3-13(7-5-10)9-11-6-4-8(12-9)14-2/h4,6H,3,5,7H2,1-2H3. The van der Waals surface area contributed by atoms with Gasteiger partial charge in [-0.1, -0.05) is 0 Å². The highest BCUT2D eigenvalue weighted by molar-refractivity contribution is 6.18. The van der Waals surface area contributed by atoms with Gasteiger partial charge in [0.2, 0.25) is 11.8 Å². The third-order valence-electron chi connectivity index (χ3n) is 1.85. The Balaban J connectivity index is 2.80. The first-order chi connectivity index (χ1) is 6.81. The summed E-state index contributed by atoms with van der Waals surface area (Å²) in [4.78, 5) is 10.4. The zero-order chi connectivity index (χ0) is 10.4. The Bertz CT molecular complexity index is 283. The first kappa shape index (κ1) is 11.0. The number of halogens is 1. The highest BCUT2D eigenvalue weighted by atomic mass is 35.5. The number of hydrogen-bond acceptors (Lipinski definition) is 4. The second-order valence-electron chi connectivity index (χ2n) is 2.67. The summed E-state index contributed by atoms with van der Waals surface area (Å²) < 4.78 is 5.02. The summed E-state index contributed by atoms with van der Waals surface area (Å²) in [6.45, 7) is 3.61. The molecule has 0 amide bonds. The van der Waals surface area contributed by atoms with Gasteiger partial charge in [0.25, 0.3) is 0 Å². The zero-order valence-corrected chi connectivity index (χ0v) is 9.16. The van der Waals surface area contributed by atoms with Gasteiger partial charge in [0, 0.05) is 31.2 Å². The Labute approximate surface area is 88.9 Å². The van der Waals surface area contributed by atoms with E-state index < -0.39 is 0 Å². The van der Waals surface area contributed by atoms with Gasteiger partial charge in [-0.2, -0.15) is 4.98 Å². The lowest BCUT2D eigenvalue weighted by Crippen LogP contribution is -2.26. The molecule has 0 saturated heterocycles. The van der Waals surface area contributed by atoms with E-state index in [1.54, 1.807) is 19.4 Å². The van der Waals surface area contributed by atoms with Crippen LogP contribution in [0.25, 0.3) is 0 Å². The summed E-state index contributed by atoms with van der Waals surface area (Å²) in [7, 11) is 1.59. The van der Waals surface area contributed by atoms with Crippen molar-refractivity contribution in [3.05, 3.63) is 12.3 Å². The van der Waals surface area contributed by atoms with Crippen molar-refractivity contribution in [1.29, 1.82) is 0 Å². The van der Waals surface area contributed by atoms with E-state index in [1.807, 2.05) is 11.8 Å². The number of ether oxygens (including phenoxy) is 1. The highest BCUT2D eigenvalue weighted by Gasteiger charge is 2.06. The second kappa shape index (κ2) is 5.65. The minimum Gasteiger partial charge on any atom is -0.481 e. The Kier molecular flexibility index (Phi) is 4.46. The Morgan fingerprint density at radius 3 is 2.93 bits per heavy atom. The van der Waals surface area contributed by atoms with Gasteiger partial charge in [0.1, 0.15) is 0 Å². The highest BCUT2D eigenvalue weighted by Crippen LogP contribution is 2.11. The van der Waals surface area contributed by atoms with Gasteiger partial charge in [-0.3, -0.25) is 0 Å². The average Bonchev–Trinajstić information content (AvgIpc) is 2.26. The molecule has 0 radical (unpaired) electrons. The van der Waals surface area contributed by atoms with Gasteiger partial charge in [0.15, 0.2) is 0 Å². The molecule has 0 bridgehead atoms. The normalized spacial score (nSPS) is 9.93. The van der Waals surface area contributed by atoms with Crippen molar-refractivity contribution in [3.63, 3.8) is 0 Å². The Morgan fingerprint density at radius 2 is 2.36 bits per heavy atom. The Morgan fingerprint density at radius 1 is 1.57 bits per heavy atom. The number of methoxy groups -OCH3 is 1. The largest absolute Gasteiger partial charge is 0.481 e. The van der Waals surface area contributed by atoms with Crippen LogP contribution in [0.15, 0.2) is 12.3 Å². The molecule has 14 heavy (non-hydrogen) atoms. The van der Waals surface area contributed by atoms with Gasteiger partial charge in [-0.15, -0.1) is 11.6 Å². The second-order valence-corrected chi connectivity index (χ2v) is 3.05. The first-order valence-corrected chi connectivity index (χ1v) is 5.03. The molecule has 0 aromatic carbocycles. The molecule has 78 valence electrons. The van der Waals surface area contributed by atoms with Crippen LogP contribution in [-0.4, -0.2) is 36.0 Å². The third-order valence-corrected chi connectivity index (χ3v) is 2.01. The molecule has 0 saturated carbocycles. The van der Waals surface area contributed by atoms with E-state index in [1.165, 1.54) is 0 Å². The molecular weight excluding hydrogens is 202 g/mol. The lowest BCUT2D eigenvalue weighted by molar-refractivity contribution is 0.396. The van der Waals surface area contributed by atoms with E-state index >= 15 is 0 Å². The lowest BCUT2D eigenvalue weighted by Gasteiger charge is -2.19. The van der Waals surface area contributed by atoms with Crippen LogP contribution < -0.4 is 9.64 Å². The third kappa shape index (κ3) is 2.73. The quantitative estimate of drug-likeness (QED) is 0.699. The van der Waals surface area contributed by atoms with E-state index in [2.05, 4.69) is 9.97 Å². The maximum atomic E-state index is 5.67. The summed E-state index contributed by atoms with van der Waals surface area (Å²) >= 11 is 5.67. The van der Waals surface area contributed by atoms with E-state index in [4.69, 9.17) is 16.3 Å². The molecule has 1 rings (SSSR count). The van der Waals surface area contributed by atoms with Crippen molar-refractivity contribution >= 4 is 17.5 Å². The van der Waals surface area contributed by atoms with E-state index in [0.29, 0.717) is 17.7 Å². The van der Waals surface area contributed by atoms with E-state index in [0.717, 1.165) is 13.1 Å². The van der Waals surface area contributed by atoms with Crippen LogP contribution >= 0.6 is 11.6 Å². The van der Waals surface area contributed by atoms with Crippen LogP contribution in [0.5, 0.6) is 5.88 Å². The number of nitrogens with zero attached hydrogens (tertiary/aromatic N) is 3. The van der Waals surface area contributed by atoms with Gasteiger partial charge in [-0.25, -0.2) is 4.98 Å².